The zero-order chi connectivity index (χ0) is 25.3. The minimum Gasteiger partial charge on any atom is -0.508 e. The quantitative estimate of drug-likeness (QED) is 0.113. The van der Waals surface area contributed by atoms with Gasteiger partial charge in [0.25, 0.3) is 0 Å². The highest BCUT2D eigenvalue weighted by Gasteiger charge is 2.02. The number of nitrogens with one attached hydrogen (secondary N) is 2. The summed E-state index contributed by atoms with van der Waals surface area (Å²) in [6, 6.07) is 23.0. The second-order valence-electron chi connectivity index (χ2n) is 7.69. The molecule has 10 heteroatoms. The van der Waals surface area contributed by atoms with E-state index in [0.717, 1.165) is 11.4 Å². The summed E-state index contributed by atoms with van der Waals surface area (Å²) in [6.07, 6.45) is 0. The van der Waals surface area contributed by atoms with Gasteiger partial charge in [0.2, 0.25) is 0 Å². The maximum atomic E-state index is 9.76. The van der Waals surface area contributed by atoms with Crippen molar-refractivity contribution in [2.24, 2.45) is 20.5 Å². The lowest BCUT2D eigenvalue weighted by molar-refractivity contribution is 0.450. The van der Waals surface area contributed by atoms with Crippen molar-refractivity contribution in [2.75, 3.05) is 23.7 Å². The molecular weight excluding hydrogens is 460 g/mol. The molecule has 0 aliphatic carbocycles. The summed E-state index contributed by atoms with van der Waals surface area (Å²) >= 11 is 0. The highest BCUT2D eigenvalue weighted by Crippen LogP contribution is 2.32. The van der Waals surface area contributed by atoms with Crippen molar-refractivity contribution in [3.63, 3.8) is 0 Å². The first kappa shape index (κ1) is 24.0. The van der Waals surface area contributed by atoms with Crippen molar-refractivity contribution in [3.8, 4) is 23.0 Å². The highest BCUT2D eigenvalue weighted by atomic mass is 16.3. The van der Waals surface area contributed by atoms with Gasteiger partial charge in [-0.1, -0.05) is 0 Å². The fraction of sp³-hybridized carbons (Fsp3) is 0.0769. The molecular formula is C26H24N6O4. The Morgan fingerprint density at radius 1 is 0.472 bits per heavy atom. The average molecular weight is 485 g/mol. The van der Waals surface area contributed by atoms with Crippen LogP contribution in [-0.2, 0) is 0 Å². The van der Waals surface area contributed by atoms with Crippen molar-refractivity contribution in [1.29, 1.82) is 0 Å². The van der Waals surface area contributed by atoms with Gasteiger partial charge >= 0.3 is 0 Å². The van der Waals surface area contributed by atoms with Crippen LogP contribution in [0, 0.1) is 0 Å². The molecule has 0 bridgehead atoms. The van der Waals surface area contributed by atoms with E-state index in [1.54, 1.807) is 0 Å². The lowest BCUT2D eigenvalue weighted by Gasteiger charge is -2.09. The number of azo groups is 2. The van der Waals surface area contributed by atoms with E-state index in [9.17, 15) is 20.4 Å². The first-order valence-corrected chi connectivity index (χ1v) is 11.0. The first-order valence-electron chi connectivity index (χ1n) is 11.0. The molecule has 0 radical (unpaired) electrons. The summed E-state index contributed by atoms with van der Waals surface area (Å²) in [5, 5.41) is 61.0. The average Bonchev–Trinajstić information content (AvgIpc) is 2.87. The van der Waals surface area contributed by atoms with Crippen LogP contribution >= 0.6 is 0 Å². The third-order valence-corrected chi connectivity index (χ3v) is 4.98. The zero-order valence-corrected chi connectivity index (χ0v) is 19.1. The fourth-order valence-corrected chi connectivity index (χ4v) is 3.12. The van der Waals surface area contributed by atoms with Crippen LogP contribution in [-0.4, -0.2) is 33.5 Å². The van der Waals surface area contributed by atoms with Gasteiger partial charge in [-0.3, -0.25) is 0 Å². The Bertz CT molecular complexity index is 1270. The Balaban J connectivity index is 1.22. The number of phenolic OH excluding ortho intramolecular Hbond substituents is 4. The molecule has 4 rings (SSSR count). The van der Waals surface area contributed by atoms with Crippen molar-refractivity contribution in [1.82, 2.24) is 0 Å². The largest absolute Gasteiger partial charge is 0.508 e. The molecule has 0 aliphatic rings. The van der Waals surface area contributed by atoms with Gasteiger partial charge in [0, 0.05) is 36.6 Å². The molecule has 0 aromatic heterocycles. The van der Waals surface area contributed by atoms with Gasteiger partial charge in [0.1, 0.15) is 34.4 Å². The Hall–Kier alpha value is -5.12. The molecule has 0 saturated carbocycles. The number of anilines is 2. The lowest BCUT2D eigenvalue weighted by Crippen LogP contribution is -2.13. The second-order valence-corrected chi connectivity index (χ2v) is 7.69. The molecule has 6 N–H and O–H groups in total. The van der Waals surface area contributed by atoms with Crippen LogP contribution in [0.25, 0.3) is 0 Å². The Labute approximate surface area is 207 Å². The SMILES string of the molecule is Oc1ccc(N=Nc2ccc(NCCNc3ccc(N=Nc4ccc(O)cc4O)cc3)cc2)c(O)c1. The van der Waals surface area contributed by atoms with Crippen molar-refractivity contribution < 1.29 is 20.4 Å². The van der Waals surface area contributed by atoms with Crippen molar-refractivity contribution in [2.45, 2.75) is 0 Å². The van der Waals surface area contributed by atoms with Crippen LogP contribution in [0.1, 0.15) is 0 Å². The number of hydrogen-bond acceptors (Lipinski definition) is 10. The molecule has 0 saturated heterocycles. The first-order chi connectivity index (χ1) is 17.5. The van der Waals surface area contributed by atoms with Crippen LogP contribution in [0.2, 0.25) is 0 Å². The summed E-state index contributed by atoms with van der Waals surface area (Å²) in [4.78, 5) is 0. The maximum Gasteiger partial charge on any atom is 0.146 e. The summed E-state index contributed by atoms with van der Waals surface area (Å²) in [5.74, 6) is -0.358. The monoisotopic (exact) mass is 484 g/mol. The number of benzene rings is 4. The van der Waals surface area contributed by atoms with Gasteiger partial charge < -0.3 is 31.1 Å². The number of hydrogen-bond donors (Lipinski definition) is 6. The van der Waals surface area contributed by atoms with Crippen molar-refractivity contribution in [3.05, 3.63) is 84.9 Å². The molecule has 4 aromatic carbocycles. The maximum absolute atomic E-state index is 9.76. The van der Waals surface area contributed by atoms with Crippen LogP contribution in [0.3, 0.4) is 0 Å². The number of aromatic hydroxyl groups is 4. The van der Waals surface area contributed by atoms with E-state index in [0.29, 0.717) is 24.5 Å². The van der Waals surface area contributed by atoms with Crippen LogP contribution in [0.4, 0.5) is 34.1 Å². The van der Waals surface area contributed by atoms with Gasteiger partial charge in [-0.05, 0) is 72.8 Å². The Kier molecular flexibility index (Phi) is 7.57. The molecule has 0 spiro atoms. The van der Waals surface area contributed by atoms with Crippen molar-refractivity contribution >= 4 is 34.1 Å². The standard InChI is InChI=1S/C26H24N6O4/c33-21-9-11-23(25(35)15-21)31-29-19-5-1-17(2-6-19)27-13-14-28-18-3-7-20(8-4-18)30-32-24-12-10-22(34)16-26(24)36/h1-12,15-16,27-28,33-36H,13-14H2. The smallest absolute Gasteiger partial charge is 0.146 e. The van der Waals surface area contributed by atoms with Gasteiger partial charge in [0.15, 0.2) is 0 Å². The fourth-order valence-electron chi connectivity index (χ4n) is 3.12. The highest BCUT2D eigenvalue weighted by molar-refractivity contribution is 5.56. The normalized spacial score (nSPS) is 11.2. The summed E-state index contributed by atoms with van der Waals surface area (Å²) < 4.78 is 0. The molecule has 182 valence electrons. The third-order valence-electron chi connectivity index (χ3n) is 4.98. The van der Waals surface area contributed by atoms with Crippen LogP contribution in [0.15, 0.2) is 105 Å². The number of rotatable bonds is 9. The second kappa shape index (κ2) is 11.3. The lowest BCUT2D eigenvalue weighted by atomic mass is 10.2. The molecule has 10 nitrogen and oxygen atoms in total. The van der Waals surface area contributed by atoms with Gasteiger partial charge in [-0.25, -0.2) is 0 Å². The zero-order valence-electron chi connectivity index (χ0n) is 19.1. The predicted molar refractivity (Wildman–Crippen MR) is 138 cm³/mol. The third kappa shape index (κ3) is 6.70. The van der Waals surface area contributed by atoms with E-state index >= 15 is 0 Å². The van der Waals surface area contributed by atoms with Crippen LogP contribution in [0.5, 0.6) is 23.0 Å². The topological polar surface area (TPSA) is 154 Å². The Morgan fingerprint density at radius 3 is 1.22 bits per heavy atom. The summed E-state index contributed by atoms with van der Waals surface area (Å²) in [5.41, 5.74) is 3.66. The molecule has 0 unspecified atom stereocenters. The van der Waals surface area contributed by atoms with E-state index in [1.807, 2.05) is 48.5 Å². The van der Waals surface area contributed by atoms with Gasteiger partial charge in [-0.15, -0.1) is 10.2 Å². The minimum absolute atomic E-state index is 0.0382. The molecule has 0 fully saturated rings. The van der Waals surface area contributed by atoms with E-state index < -0.39 is 0 Å². The minimum atomic E-state index is -0.141. The Morgan fingerprint density at radius 2 is 0.861 bits per heavy atom. The van der Waals surface area contributed by atoms with E-state index in [4.69, 9.17) is 0 Å². The van der Waals surface area contributed by atoms with Crippen LogP contribution < -0.4 is 10.6 Å². The summed E-state index contributed by atoms with van der Waals surface area (Å²) in [6.45, 7) is 1.37. The van der Waals surface area contributed by atoms with Gasteiger partial charge in [0.05, 0.1) is 11.4 Å². The van der Waals surface area contributed by atoms with E-state index in [-0.39, 0.29) is 34.4 Å². The number of nitrogens with zero attached hydrogens (tertiary/aromatic N) is 4. The van der Waals surface area contributed by atoms with E-state index in [1.165, 1.54) is 36.4 Å². The molecule has 36 heavy (non-hydrogen) atoms. The molecule has 0 amide bonds. The predicted octanol–water partition coefficient (Wildman–Crippen LogP) is 6.86. The van der Waals surface area contributed by atoms with E-state index in [2.05, 4.69) is 31.1 Å². The molecule has 4 aromatic rings. The van der Waals surface area contributed by atoms with Gasteiger partial charge in [-0.2, -0.15) is 10.2 Å². The molecule has 0 heterocycles. The molecule has 0 atom stereocenters. The molecule has 0 aliphatic heterocycles. The number of phenols is 4. The summed E-state index contributed by atoms with van der Waals surface area (Å²) in [7, 11) is 0.